The molecule has 0 aliphatic carbocycles. The molecule has 2 aromatic heterocycles. The molecule has 5 nitrogen and oxygen atoms in total. The summed E-state index contributed by atoms with van der Waals surface area (Å²) in [5.41, 5.74) is -1.30. The quantitative estimate of drug-likeness (QED) is 0.744. The van der Waals surface area contributed by atoms with E-state index in [0.29, 0.717) is 22.3 Å². The lowest BCUT2D eigenvalue weighted by atomic mass is 10.2. The van der Waals surface area contributed by atoms with E-state index in [1.807, 2.05) is 12.1 Å². The molecule has 0 saturated heterocycles. The Morgan fingerprint density at radius 3 is 2.72 bits per heavy atom. The van der Waals surface area contributed by atoms with Crippen LogP contribution in [0.2, 0.25) is 5.02 Å². The number of anilines is 1. The Morgan fingerprint density at radius 1 is 1.32 bits per heavy atom. The van der Waals surface area contributed by atoms with Crippen molar-refractivity contribution in [1.29, 1.82) is 0 Å². The zero-order valence-electron chi connectivity index (χ0n) is 12.3. The van der Waals surface area contributed by atoms with Gasteiger partial charge in [0.05, 0.1) is 15.8 Å². The number of benzene rings is 1. The third-order valence-electron chi connectivity index (χ3n) is 3.22. The fourth-order valence-corrected chi connectivity index (χ4v) is 3.22. The molecule has 0 fully saturated rings. The Morgan fingerprint density at radius 2 is 2.04 bits per heavy atom. The van der Waals surface area contributed by atoms with Crippen molar-refractivity contribution in [3.05, 3.63) is 57.5 Å². The van der Waals surface area contributed by atoms with Gasteiger partial charge < -0.3 is 9.88 Å². The van der Waals surface area contributed by atoms with Crippen molar-refractivity contribution in [2.75, 3.05) is 5.32 Å². The van der Waals surface area contributed by atoms with E-state index in [2.05, 4.69) is 10.3 Å². The summed E-state index contributed by atoms with van der Waals surface area (Å²) in [7, 11) is 0. The minimum atomic E-state index is -4.68. The number of fused-ring (bicyclic) bond motifs is 1. The van der Waals surface area contributed by atoms with Gasteiger partial charge in [-0.15, -0.1) is 0 Å². The van der Waals surface area contributed by atoms with Gasteiger partial charge >= 0.3 is 6.18 Å². The number of hydrogen-bond acceptors (Lipinski definition) is 4. The molecule has 3 aromatic rings. The van der Waals surface area contributed by atoms with Crippen LogP contribution in [0.15, 0.2) is 41.3 Å². The van der Waals surface area contributed by atoms with E-state index in [9.17, 15) is 22.8 Å². The topological polar surface area (TPSA) is 64.0 Å². The lowest BCUT2D eigenvalue weighted by molar-refractivity contribution is -0.138. The van der Waals surface area contributed by atoms with Gasteiger partial charge in [0, 0.05) is 6.20 Å². The summed E-state index contributed by atoms with van der Waals surface area (Å²) in [6.07, 6.45) is -4.12. The lowest BCUT2D eigenvalue weighted by Gasteiger charge is -2.11. The van der Waals surface area contributed by atoms with Crippen LogP contribution < -0.4 is 10.9 Å². The van der Waals surface area contributed by atoms with E-state index >= 15 is 0 Å². The number of aromatic nitrogens is 2. The summed E-state index contributed by atoms with van der Waals surface area (Å²) in [6, 6.07) is 7.72. The van der Waals surface area contributed by atoms with Crippen LogP contribution in [0.4, 0.5) is 18.3 Å². The Hall–Kier alpha value is -2.39. The van der Waals surface area contributed by atoms with Crippen molar-refractivity contribution in [3.8, 4) is 0 Å². The SMILES string of the molecule is O=C(Cn1cc(C(F)(F)F)cc(Cl)c1=O)Nc1nc2ccccc2s1. The van der Waals surface area contributed by atoms with E-state index in [1.54, 1.807) is 12.1 Å². The number of pyridine rings is 1. The van der Waals surface area contributed by atoms with Crippen LogP contribution in [-0.4, -0.2) is 15.5 Å². The molecule has 130 valence electrons. The minimum absolute atomic E-state index is 0.289. The van der Waals surface area contributed by atoms with E-state index in [0.717, 1.165) is 4.70 Å². The highest BCUT2D eigenvalue weighted by Gasteiger charge is 2.32. The zero-order valence-corrected chi connectivity index (χ0v) is 13.9. The molecule has 2 heterocycles. The number of nitrogens with one attached hydrogen (secondary N) is 1. The normalized spacial score (nSPS) is 11.7. The average Bonchev–Trinajstić information content (AvgIpc) is 2.92. The number of nitrogens with zero attached hydrogens (tertiary/aromatic N) is 2. The fourth-order valence-electron chi connectivity index (χ4n) is 2.11. The molecule has 10 heteroatoms. The largest absolute Gasteiger partial charge is 0.417 e. The van der Waals surface area contributed by atoms with Crippen molar-refractivity contribution in [3.63, 3.8) is 0 Å². The number of halogens is 4. The molecule has 0 atom stereocenters. The monoisotopic (exact) mass is 387 g/mol. The molecular formula is C15H9ClF3N3O2S. The molecule has 0 saturated carbocycles. The van der Waals surface area contributed by atoms with Crippen LogP contribution in [0, 0.1) is 0 Å². The number of hydrogen-bond donors (Lipinski definition) is 1. The second-order valence-electron chi connectivity index (χ2n) is 5.04. The third-order valence-corrected chi connectivity index (χ3v) is 4.45. The number of amides is 1. The van der Waals surface area contributed by atoms with Crippen LogP contribution >= 0.6 is 22.9 Å². The molecule has 0 aliphatic rings. The van der Waals surface area contributed by atoms with Crippen molar-refractivity contribution in [1.82, 2.24) is 9.55 Å². The van der Waals surface area contributed by atoms with Crippen LogP contribution in [0.3, 0.4) is 0 Å². The van der Waals surface area contributed by atoms with Gasteiger partial charge in [0.15, 0.2) is 5.13 Å². The molecule has 0 bridgehead atoms. The summed E-state index contributed by atoms with van der Waals surface area (Å²) in [6.45, 7) is -0.613. The van der Waals surface area contributed by atoms with E-state index in [1.165, 1.54) is 11.3 Å². The van der Waals surface area contributed by atoms with E-state index in [4.69, 9.17) is 11.6 Å². The fraction of sp³-hybridized carbons (Fsp3) is 0.133. The van der Waals surface area contributed by atoms with Gasteiger partial charge in [-0.3, -0.25) is 9.59 Å². The molecule has 1 amide bonds. The molecule has 3 rings (SSSR count). The van der Waals surface area contributed by atoms with Crippen molar-refractivity contribution in [2.24, 2.45) is 0 Å². The lowest BCUT2D eigenvalue weighted by Crippen LogP contribution is -2.29. The second kappa shape index (κ2) is 6.49. The van der Waals surface area contributed by atoms with Gasteiger partial charge in [-0.25, -0.2) is 4.98 Å². The Labute approximate surface area is 147 Å². The average molecular weight is 388 g/mol. The predicted molar refractivity (Wildman–Crippen MR) is 89.0 cm³/mol. The number of para-hydroxylation sites is 1. The molecular weight excluding hydrogens is 379 g/mol. The first kappa shape index (κ1) is 17.4. The van der Waals surface area contributed by atoms with Crippen LogP contribution in [0.5, 0.6) is 0 Å². The molecule has 0 radical (unpaired) electrons. The second-order valence-corrected chi connectivity index (χ2v) is 6.48. The van der Waals surface area contributed by atoms with Crippen molar-refractivity contribution < 1.29 is 18.0 Å². The van der Waals surface area contributed by atoms with Gasteiger partial charge in [0.2, 0.25) is 5.91 Å². The summed E-state index contributed by atoms with van der Waals surface area (Å²) >= 11 is 6.76. The first-order valence-electron chi connectivity index (χ1n) is 6.86. The molecule has 0 unspecified atom stereocenters. The molecule has 0 spiro atoms. The maximum Gasteiger partial charge on any atom is 0.417 e. The Bertz CT molecular complexity index is 980. The van der Waals surface area contributed by atoms with Crippen molar-refractivity contribution in [2.45, 2.75) is 12.7 Å². The van der Waals surface area contributed by atoms with Gasteiger partial charge in [0.25, 0.3) is 5.56 Å². The smallest absolute Gasteiger partial charge is 0.304 e. The van der Waals surface area contributed by atoms with Gasteiger partial charge in [-0.2, -0.15) is 13.2 Å². The summed E-state index contributed by atoms with van der Waals surface area (Å²) in [5, 5.41) is 2.15. The van der Waals surface area contributed by atoms with E-state index in [-0.39, 0.29) is 5.13 Å². The standard InChI is InChI=1S/C15H9ClF3N3O2S/c16-9-5-8(15(17,18)19)6-22(13(9)24)7-12(23)21-14-20-10-3-1-2-4-11(10)25-14/h1-6H,7H2,(H,20,21,23). The summed E-state index contributed by atoms with van der Waals surface area (Å²) in [5.74, 6) is -0.684. The first-order valence-corrected chi connectivity index (χ1v) is 8.06. The molecule has 1 N–H and O–H groups in total. The number of rotatable bonds is 3. The Balaban J connectivity index is 1.83. The van der Waals surface area contributed by atoms with Gasteiger partial charge in [-0.05, 0) is 18.2 Å². The Kier molecular flexibility index (Phi) is 4.53. The third kappa shape index (κ3) is 3.83. The van der Waals surface area contributed by atoms with E-state index < -0.39 is 34.8 Å². The number of alkyl halides is 3. The highest BCUT2D eigenvalue weighted by atomic mass is 35.5. The summed E-state index contributed by atoms with van der Waals surface area (Å²) in [4.78, 5) is 28.1. The van der Waals surface area contributed by atoms with Gasteiger partial charge in [0.1, 0.15) is 11.6 Å². The highest BCUT2D eigenvalue weighted by molar-refractivity contribution is 7.22. The van der Waals surface area contributed by atoms with Crippen LogP contribution in [0.1, 0.15) is 5.56 Å². The van der Waals surface area contributed by atoms with Crippen LogP contribution in [0.25, 0.3) is 10.2 Å². The first-order chi connectivity index (χ1) is 11.7. The van der Waals surface area contributed by atoms with Crippen LogP contribution in [-0.2, 0) is 17.5 Å². The molecule has 1 aromatic carbocycles. The zero-order chi connectivity index (χ0) is 18.2. The summed E-state index contributed by atoms with van der Waals surface area (Å²) < 4.78 is 39.9. The van der Waals surface area contributed by atoms with Crippen molar-refractivity contribution >= 4 is 44.2 Å². The number of carbonyl (C=O) groups is 1. The number of thiazole rings is 1. The highest BCUT2D eigenvalue weighted by Crippen LogP contribution is 2.29. The molecule has 25 heavy (non-hydrogen) atoms. The number of carbonyl (C=O) groups excluding carboxylic acids is 1. The predicted octanol–water partition coefficient (Wildman–Crippen LogP) is 3.77. The maximum absolute atomic E-state index is 12.8. The minimum Gasteiger partial charge on any atom is -0.304 e. The molecule has 0 aliphatic heterocycles. The van der Waals surface area contributed by atoms with Gasteiger partial charge in [-0.1, -0.05) is 35.1 Å². The maximum atomic E-state index is 12.8.